The second-order valence-electron chi connectivity index (χ2n) is 7.22. The van der Waals surface area contributed by atoms with E-state index in [-0.39, 0.29) is 0 Å². The van der Waals surface area contributed by atoms with E-state index in [9.17, 15) is 9.59 Å². The highest BCUT2D eigenvalue weighted by Crippen LogP contribution is 2.06. The highest BCUT2D eigenvalue weighted by Gasteiger charge is 2.19. The van der Waals surface area contributed by atoms with E-state index in [1.165, 1.54) is 0 Å². The molecule has 0 heterocycles. The summed E-state index contributed by atoms with van der Waals surface area (Å²) in [5.74, 6) is 5.64. The van der Waals surface area contributed by atoms with Gasteiger partial charge in [-0.05, 0) is 41.5 Å². The second kappa shape index (κ2) is 9.62. The van der Waals surface area contributed by atoms with Crippen molar-refractivity contribution in [1.82, 2.24) is 21.2 Å². The van der Waals surface area contributed by atoms with Crippen molar-refractivity contribution in [2.75, 3.05) is 19.6 Å². The van der Waals surface area contributed by atoms with Crippen LogP contribution in [0.4, 0.5) is 9.59 Å². The Kier molecular flexibility index (Phi) is 8.97. The largest absolute Gasteiger partial charge is 0.444 e. The van der Waals surface area contributed by atoms with Gasteiger partial charge in [0.2, 0.25) is 0 Å². The number of amides is 2. The molecule has 0 rings (SSSR count). The van der Waals surface area contributed by atoms with E-state index >= 15 is 0 Å². The second-order valence-corrected chi connectivity index (χ2v) is 7.22. The van der Waals surface area contributed by atoms with Crippen LogP contribution in [0.25, 0.3) is 0 Å². The molecule has 0 aromatic rings. The zero-order valence-corrected chi connectivity index (χ0v) is 15.4. The van der Waals surface area contributed by atoms with Crippen LogP contribution in [-0.2, 0) is 9.47 Å². The summed E-state index contributed by atoms with van der Waals surface area (Å²) >= 11 is 0. The molecule has 0 aliphatic heterocycles. The standard InChI is InChI=1S/C14H32N6O4/c1-13(2,3)23-11(21)18-8-7-17-9-10(15)20(16)19-12(22)24-14(4,5)6/h10,17H,7-9,15-16H2,1-6H3,(H,18,21)(H,19,22). The molecule has 2 amide bonds. The number of alkyl carbamates (subject to hydrolysis) is 1. The summed E-state index contributed by atoms with van der Waals surface area (Å²) in [5.41, 5.74) is 6.97. The maximum Gasteiger partial charge on any atom is 0.423 e. The number of ether oxygens (including phenoxy) is 2. The normalized spacial score (nSPS) is 13.4. The van der Waals surface area contributed by atoms with Crippen LogP contribution in [0.1, 0.15) is 41.5 Å². The van der Waals surface area contributed by atoms with Crippen molar-refractivity contribution in [2.24, 2.45) is 11.6 Å². The van der Waals surface area contributed by atoms with Crippen LogP contribution in [0.3, 0.4) is 0 Å². The number of hydrogen-bond donors (Lipinski definition) is 5. The monoisotopic (exact) mass is 348 g/mol. The molecule has 0 aliphatic rings. The summed E-state index contributed by atoms with van der Waals surface area (Å²) in [7, 11) is 0. The van der Waals surface area contributed by atoms with E-state index < -0.39 is 29.6 Å². The summed E-state index contributed by atoms with van der Waals surface area (Å²) in [4.78, 5) is 23.0. The van der Waals surface area contributed by atoms with Gasteiger partial charge in [-0.3, -0.25) is 0 Å². The highest BCUT2D eigenvalue weighted by atomic mass is 16.6. The van der Waals surface area contributed by atoms with Gasteiger partial charge in [-0.15, -0.1) is 5.12 Å². The predicted molar refractivity (Wildman–Crippen MR) is 90.5 cm³/mol. The Hall–Kier alpha value is -1.62. The molecule has 1 unspecified atom stereocenters. The third-order valence-corrected chi connectivity index (χ3v) is 2.30. The summed E-state index contributed by atoms with van der Waals surface area (Å²) in [5, 5.41) is 6.56. The number of nitrogens with zero attached hydrogens (tertiary/aromatic N) is 1. The Morgan fingerprint density at radius 3 is 2.00 bits per heavy atom. The number of hydrazine groups is 2. The van der Waals surface area contributed by atoms with Crippen molar-refractivity contribution < 1.29 is 19.1 Å². The zero-order chi connectivity index (χ0) is 19.0. The molecule has 0 saturated carbocycles. The number of carbonyl (C=O) groups is 2. The van der Waals surface area contributed by atoms with Gasteiger partial charge in [0.15, 0.2) is 0 Å². The smallest absolute Gasteiger partial charge is 0.423 e. The minimum Gasteiger partial charge on any atom is -0.444 e. The first-order valence-electron chi connectivity index (χ1n) is 7.77. The molecular formula is C14H32N6O4. The van der Waals surface area contributed by atoms with E-state index in [0.29, 0.717) is 19.6 Å². The number of nitrogens with two attached hydrogens (primary N) is 2. The lowest BCUT2D eigenvalue weighted by atomic mass is 10.2. The minimum atomic E-state index is -0.688. The molecular weight excluding hydrogens is 316 g/mol. The van der Waals surface area contributed by atoms with E-state index in [1.807, 2.05) is 0 Å². The Morgan fingerprint density at radius 1 is 1.00 bits per heavy atom. The molecule has 0 aromatic carbocycles. The van der Waals surface area contributed by atoms with Gasteiger partial charge in [0.1, 0.15) is 17.4 Å². The average Bonchev–Trinajstić information content (AvgIpc) is 2.33. The molecule has 10 heteroatoms. The maximum absolute atomic E-state index is 11.5. The number of rotatable bonds is 7. The van der Waals surface area contributed by atoms with Crippen LogP contribution >= 0.6 is 0 Å². The van der Waals surface area contributed by atoms with Gasteiger partial charge in [0.05, 0.1) is 0 Å². The molecule has 0 aliphatic carbocycles. The van der Waals surface area contributed by atoms with Crippen molar-refractivity contribution in [3.63, 3.8) is 0 Å². The summed E-state index contributed by atoms with van der Waals surface area (Å²) in [6, 6.07) is 0. The van der Waals surface area contributed by atoms with Gasteiger partial charge in [0.25, 0.3) is 0 Å². The molecule has 10 nitrogen and oxygen atoms in total. The fourth-order valence-electron chi connectivity index (χ4n) is 1.40. The molecule has 0 radical (unpaired) electrons. The predicted octanol–water partition coefficient (Wildman–Crippen LogP) is 0.000900. The van der Waals surface area contributed by atoms with E-state index in [0.717, 1.165) is 5.12 Å². The van der Waals surface area contributed by atoms with Gasteiger partial charge in [-0.1, -0.05) is 0 Å². The SMILES string of the molecule is CC(C)(C)OC(=O)NCCNCC(N)N(N)NC(=O)OC(C)(C)C. The summed E-state index contributed by atoms with van der Waals surface area (Å²) in [6.07, 6.45) is -1.84. The Labute approximate surface area is 143 Å². The number of hydrogen-bond acceptors (Lipinski definition) is 8. The molecule has 0 fully saturated rings. The van der Waals surface area contributed by atoms with Crippen molar-refractivity contribution in [3.05, 3.63) is 0 Å². The first-order valence-corrected chi connectivity index (χ1v) is 7.77. The minimum absolute atomic E-state index is 0.294. The Morgan fingerprint density at radius 2 is 1.50 bits per heavy atom. The maximum atomic E-state index is 11.5. The van der Waals surface area contributed by atoms with Crippen molar-refractivity contribution in [1.29, 1.82) is 0 Å². The lowest BCUT2D eigenvalue weighted by molar-refractivity contribution is 0.0244. The molecule has 0 aromatic heterocycles. The fraction of sp³-hybridized carbons (Fsp3) is 0.857. The lowest BCUT2D eigenvalue weighted by Gasteiger charge is -2.26. The van der Waals surface area contributed by atoms with Gasteiger partial charge in [0, 0.05) is 19.6 Å². The third kappa shape index (κ3) is 12.9. The lowest BCUT2D eigenvalue weighted by Crippen LogP contribution is -2.60. The van der Waals surface area contributed by atoms with E-state index in [4.69, 9.17) is 21.1 Å². The van der Waals surface area contributed by atoms with Crippen LogP contribution < -0.4 is 27.6 Å². The molecule has 24 heavy (non-hydrogen) atoms. The van der Waals surface area contributed by atoms with Crippen LogP contribution in [-0.4, -0.2) is 54.3 Å². The van der Waals surface area contributed by atoms with Crippen LogP contribution in [0.2, 0.25) is 0 Å². The van der Waals surface area contributed by atoms with Crippen molar-refractivity contribution in [2.45, 2.75) is 58.9 Å². The average molecular weight is 348 g/mol. The number of carbonyl (C=O) groups excluding carboxylic acids is 2. The highest BCUT2D eigenvalue weighted by molar-refractivity contribution is 5.67. The topological polar surface area (TPSA) is 144 Å². The molecule has 0 spiro atoms. The third-order valence-electron chi connectivity index (χ3n) is 2.30. The van der Waals surface area contributed by atoms with Crippen LogP contribution in [0, 0.1) is 0 Å². The van der Waals surface area contributed by atoms with Gasteiger partial charge < -0.3 is 25.8 Å². The molecule has 1 atom stereocenters. The van der Waals surface area contributed by atoms with Crippen molar-refractivity contribution >= 4 is 12.2 Å². The van der Waals surface area contributed by atoms with Gasteiger partial charge >= 0.3 is 12.2 Å². The summed E-state index contributed by atoms with van der Waals surface area (Å²) < 4.78 is 10.2. The zero-order valence-electron chi connectivity index (χ0n) is 15.4. The summed E-state index contributed by atoms with van der Waals surface area (Å²) in [6.45, 7) is 11.7. The first-order chi connectivity index (χ1) is 10.8. The van der Waals surface area contributed by atoms with E-state index in [2.05, 4.69) is 16.1 Å². The molecule has 0 saturated heterocycles. The molecule has 142 valence electrons. The van der Waals surface area contributed by atoms with Crippen LogP contribution in [0.5, 0.6) is 0 Å². The van der Waals surface area contributed by atoms with Gasteiger partial charge in [-0.25, -0.2) is 20.9 Å². The van der Waals surface area contributed by atoms with Crippen molar-refractivity contribution in [3.8, 4) is 0 Å². The fourth-order valence-corrected chi connectivity index (χ4v) is 1.40. The molecule has 7 N–H and O–H groups in total. The quantitative estimate of drug-likeness (QED) is 0.187. The van der Waals surface area contributed by atoms with Crippen LogP contribution in [0.15, 0.2) is 0 Å². The van der Waals surface area contributed by atoms with Gasteiger partial charge in [-0.2, -0.15) is 0 Å². The Bertz CT molecular complexity index is 405. The molecule has 0 bridgehead atoms. The number of nitrogens with one attached hydrogen (secondary N) is 3. The Balaban J connectivity index is 3.87. The first kappa shape index (κ1) is 22.4. The van der Waals surface area contributed by atoms with E-state index in [1.54, 1.807) is 41.5 Å².